The fourth-order valence-electron chi connectivity index (χ4n) is 2.28. The van der Waals surface area contributed by atoms with Crippen molar-refractivity contribution in [1.29, 1.82) is 0 Å². The van der Waals surface area contributed by atoms with Crippen molar-refractivity contribution in [3.8, 4) is 0 Å². The fourth-order valence-corrected chi connectivity index (χ4v) is 2.28. The second-order valence-corrected chi connectivity index (χ2v) is 4.60. The van der Waals surface area contributed by atoms with Crippen molar-refractivity contribution in [2.24, 2.45) is 0 Å². The first kappa shape index (κ1) is 11.9. The molecule has 1 heterocycles. The standard InChI is InChI=1S/C15H19NO/c1-11-6-12(2)8-13(7-11)9-15(16-3)14-4-5-17-10-14/h4-8,10,15-16H,9H2,1-3H3. The third-order valence-electron chi connectivity index (χ3n) is 3.02. The molecule has 2 aromatic rings. The molecule has 0 aliphatic heterocycles. The quantitative estimate of drug-likeness (QED) is 0.869. The molecule has 1 unspecified atom stereocenters. The second-order valence-electron chi connectivity index (χ2n) is 4.60. The highest BCUT2D eigenvalue weighted by Gasteiger charge is 2.11. The molecule has 1 aromatic heterocycles. The molecule has 1 N–H and O–H groups in total. The molecule has 17 heavy (non-hydrogen) atoms. The van der Waals surface area contributed by atoms with Gasteiger partial charge in [0.05, 0.1) is 12.5 Å². The lowest BCUT2D eigenvalue weighted by molar-refractivity contribution is 0.542. The van der Waals surface area contributed by atoms with E-state index in [1.54, 1.807) is 6.26 Å². The summed E-state index contributed by atoms with van der Waals surface area (Å²) in [4.78, 5) is 0. The SMILES string of the molecule is CNC(Cc1cc(C)cc(C)c1)c1ccoc1. The summed E-state index contributed by atoms with van der Waals surface area (Å²) in [5.41, 5.74) is 5.21. The van der Waals surface area contributed by atoms with Gasteiger partial charge in [-0.25, -0.2) is 0 Å². The minimum Gasteiger partial charge on any atom is -0.472 e. The number of aryl methyl sites for hydroxylation is 2. The molecular weight excluding hydrogens is 210 g/mol. The van der Waals surface area contributed by atoms with E-state index in [0.29, 0.717) is 6.04 Å². The van der Waals surface area contributed by atoms with E-state index in [9.17, 15) is 0 Å². The van der Waals surface area contributed by atoms with Gasteiger partial charge in [0.25, 0.3) is 0 Å². The van der Waals surface area contributed by atoms with E-state index in [4.69, 9.17) is 4.42 Å². The summed E-state index contributed by atoms with van der Waals surface area (Å²) in [6, 6.07) is 9.03. The predicted octanol–water partition coefficient (Wildman–Crippen LogP) is 3.40. The van der Waals surface area contributed by atoms with Crippen LogP contribution in [0.15, 0.2) is 41.2 Å². The Morgan fingerprint density at radius 1 is 1.18 bits per heavy atom. The highest BCUT2D eigenvalue weighted by atomic mass is 16.3. The molecule has 0 saturated heterocycles. The zero-order chi connectivity index (χ0) is 12.3. The van der Waals surface area contributed by atoms with Crippen molar-refractivity contribution in [2.75, 3.05) is 7.05 Å². The molecule has 0 aliphatic carbocycles. The van der Waals surface area contributed by atoms with Crippen molar-refractivity contribution < 1.29 is 4.42 Å². The van der Waals surface area contributed by atoms with Gasteiger partial charge in [-0.1, -0.05) is 29.3 Å². The summed E-state index contributed by atoms with van der Waals surface area (Å²) in [6.45, 7) is 4.28. The number of likely N-dealkylation sites (N-methyl/N-ethyl adjacent to an activating group) is 1. The van der Waals surface area contributed by atoms with E-state index in [2.05, 4.69) is 37.4 Å². The highest BCUT2D eigenvalue weighted by Crippen LogP contribution is 2.20. The summed E-state index contributed by atoms with van der Waals surface area (Å²) < 4.78 is 5.14. The van der Waals surface area contributed by atoms with E-state index in [1.807, 2.05) is 19.4 Å². The van der Waals surface area contributed by atoms with Crippen LogP contribution in [0.25, 0.3) is 0 Å². The van der Waals surface area contributed by atoms with Crippen LogP contribution in [0.1, 0.15) is 28.3 Å². The van der Waals surface area contributed by atoms with Gasteiger partial charge in [0.1, 0.15) is 0 Å². The van der Waals surface area contributed by atoms with E-state index >= 15 is 0 Å². The van der Waals surface area contributed by atoms with Gasteiger partial charge in [0.2, 0.25) is 0 Å². The van der Waals surface area contributed by atoms with Crippen LogP contribution in [0.5, 0.6) is 0 Å². The molecule has 0 aliphatic rings. The number of benzene rings is 1. The summed E-state index contributed by atoms with van der Waals surface area (Å²) in [5, 5.41) is 3.33. The van der Waals surface area contributed by atoms with E-state index < -0.39 is 0 Å². The maximum Gasteiger partial charge on any atom is 0.0950 e. The maximum absolute atomic E-state index is 5.14. The van der Waals surface area contributed by atoms with Gasteiger partial charge in [0.15, 0.2) is 0 Å². The Bertz CT molecular complexity index is 453. The monoisotopic (exact) mass is 229 g/mol. The Hall–Kier alpha value is -1.54. The number of rotatable bonds is 4. The number of hydrogen-bond acceptors (Lipinski definition) is 2. The smallest absolute Gasteiger partial charge is 0.0950 e. The number of furan rings is 1. The zero-order valence-electron chi connectivity index (χ0n) is 10.7. The topological polar surface area (TPSA) is 25.2 Å². The largest absolute Gasteiger partial charge is 0.472 e. The van der Waals surface area contributed by atoms with Crippen LogP contribution in [0.3, 0.4) is 0 Å². The van der Waals surface area contributed by atoms with E-state index in [0.717, 1.165) is 6.42 Å². The van der Waals surface area contributed by atoms with Crippen molar-refractivity contribution in [3.05, 3.63) is 59.0 Å². The van der Waals surface area contributed by atoms with Gasteiger partial charge in [-0.15, -0.1) is 0 Å². The van der Waals surface area contributed by atoms with Crippen LogP contribution in [0.2, 0.25) is 0 Å². The minimum absolute atomic E-state index is 0.315. The fraction of sp³-hybridized carbons (Fsp3) is 0.333. The normalized spacial score (nSPS) is 12.6. The molecule has 90 valence electrons. The molecular formula is C15H19NO. The Kier molecular flexibility index (Phi) is 3.64. The Balaban J connectivity index is 2.18. The molecule has 2 rings (SSSR count). The summed E-state index contributed by atoms with van der Waals surface area (Å²) in [7, 11) is 1.99. The lowest BCUT2D eigenvalue weighted by atomic mass is 9.98. The molecule has 1 atom stereocenters. The molecule has 0 radical (unpaired) electrons. The lowest BCUT2D eigenvalue weighted by Gasteiger charge is -2.15. The number of hydrogen-bond donors (Lipinski definition) is 1. The Morgan fingerprint density at radius 3 is 2.41 bits per heavy atom. The second kappa shape index (κ2) is 5.19. The summed E-state index contributed by atoms with van der Waals surface area (Å²) in [6.07, 6.45) is 4.52. The Morgan fingerprint density at radius 2 is 1.88 bits per heavy atom. The van der Waals surface area contributed by atoms with Crippen LogP contribution >= 0.6 is 0 Å². The predicted molar refractivity (Wildman–Crippen MR) is 70.1 cm³/mol. The lowest BCUT2D eigenvalue weighted by Crippen LogP contribution is -2.18. The van der Waals surface area contributed by atoms with Crippen LogP contribution in [-0.4, -0.2) is 7.05 Å². The van der Waals surface area contributed by atoms with Crippen molar-refractivity contribution in [3.63, 3.8) is 0 Å². The third-order valence-corrected chi connectivity index (χ3v) is 3.02. The minimum atomic E-state index is 0.315. The first-order valence-corrected chi connectivity index (χ1v) is 5.95. The van der Waals surface area contributed by atoms with Crippen LogP contribution in [0, 0.1) is 13.8 Å². The van der Waals surface area contributed by atoms with Crippen LogP contribution in [0.4, 0.5) is 0 Å². The molecule has 0 saturated carbocycles. The average Bonchev–Trinajstić information content (AvgIpc) is 2.77. The van der Waals surface area contributed by atoms with Gasteiger partial charge in [-0.05, 0) is 38.9 Å². The molecule has 0 fully saturated rings. The molecule has 0 spiro atoms. The van der Waals surface area contributed by atoms with E-state index in [-0.39, 0.29) is 0 Å². The van der Waals surface area contributed by atoms with Gasteiger partial charge in [-0.3, -0.25) is 0 Å². The van der Waals surface area contributed by atoms with Gasteiger partial charge >= 0.3 is 0 Å². The van der Waals surface area contributed by atoms with Gasteiger partial charge in [-0.2, -0.15) is 0 Å². The average molecular weight is 229 g/mol. The van der Waals surface area contributed by atoms with Gasteiger partial charge < -0.3 is 9.73 Å². The van der Waals surface area contributed by atoms with Crippen molar-refractivity contribution in [1.82, 2.24) is 5.32 Å². The molecule has 0 bridgehead atoms. The molecule has 0 amide bonds. The van der Waals surface area contributed by atoms with Crippen LogP contribution in [-0.2, 0) is 6.42 Å². The summed E-state index contributed by atoms with van der Waals surface area (Å²) >= 11 is 0. The molecule has 2 nitrogen and oxygen atoms in total. The number of nitrogens with one attached hydrogen (secondary N) is 1. The van der Waals surface area contributed by atoms with E-state index in [1.165, 1.54) is 22.3 Å². The van der Waals surface area contributed by atoms with Crippen molar-refractivity contribution >= 4 is 0 Å². The zero-order valence-corrected chi connectivity index (χ0v) is 10.7. The van der Waals surface area contributed by atoms with Gasteiger partial charge in [0, 0.05) is 11.6 Å². The van der Waals surface area contributed by atoms with Crippen LogP contribution < -0.4 is 5.32 Å². The first-order valence-electron chi connectivity index (χ1n) is 5.95. The maximum atomic E-state index is 5.14. The first-order chi connectivity index (χ1) is 8.19. The molecule has 1 aromatic carbocycles. The molecule has 2 heteroatoms. The highest BCUT2D eigenvalue weighted by molar-refractivity contribution is 5.30. The van der Waals surface area contributed by atoms with Crippen molar-refractivity contribution in [2.45, 2.75) is 26.3 Å². The Labute approximate surface area is 103 Å². The third kappa shape index (κ3) is 2.98. The summed E-state index contributed by atoms with van der Waals surface area (Å²) in [5.74, 6) is 0.